The Kier molecular flexibility index (Phi) is 4.34. The van der Waals surface area contributed by atoms with E-state index in [2.05, 4.69) is 0 Å². The lowest BCUT2D eigenvalue weighted by atomic mass is 10.0. The molecular weight excluding hydrogens is 218 g/mol. The minimum Gasteiger partial charge on any atom is -0.460 e. The van der Waals surface area contributed by atoms with Crippen LogP contribution in [0.2, 0.25) is 0 Å². The molecule has 1 aliphatic heterocycles. The summed E-state index contributed by atoms with van der Waals surface area (Å²) < 4.78 is 5.23. The van der Waals surface area contributed by atoms with Gasteiger partial charge in [-0.1, -0.05) is 6.08 Å². The number of esters is 1. The van der Waals surface area contributed by atoms with Gasteiger partial charge in [-0.15, -0.1) is 0 Å². The van der Waals surface area contributed by atoms with Crippen LogP contribution < -0.4 is 0 Å². The van der Waals surface area contributed by atoms with Gasteiger partial charge in [-0.05, 0) is 45.8 Å². The van der Waals surface area contributed by atoms with Crippen LogP contribution >= 0.6 is 0 Å². The van der Waals surface area contributed by atoms with Gasteiger partial charge >= 0.3 is 5.97 Å². The Balaban J connectivity index is 2.40. The third-order valence-electron chi connectivity index (χ3n) is 2.35. The molecule has 0 aliphatic carbocycles. The van der Waals surface area contributed by atoms with Crippen LogP contribution in [0.3, 0.4) is 0 Å². The van der Waals surface area contributed by atoms with Crippen LogP contribution in [0.5, 0.6) is 0 Å². The molecular formula is C13H21NO3. The number of allylic oxidation sites excluding steroid dienone is 2. The van der Waals surface area contributed by atoms with Gasteiger partial charge in [0.05, 0.1) is 6.04 Å². The average Bonchev–Trinajstić information content (AvgIpc) is 2.17. The molecule has 1 atom stereocenters. The van der Waals surface area contributed by atoms with Crippen molar-refractivity contribution >= 4 is 5.97 Å². The third kappa shape index (κ3) is 5.04. The van der Waals surface area contributed by atoms with Crippen LogP contribution in [-0.4, -0.2) is 27.9 Å². The molecule has 17 heavy (non-hydrogen) atoms. The van der Waals surface area contributed by atoms with E-state index in [-0.39, 0.29) is 12.0 Å². The second-order valence-corrected chi connectivity index (χ2v) is 5.26. The molecule has 4 nitrogen and oxygen atoms in total. The minimum absolute atomic E-state index is 0.0476. The van der Waals surface area contributed by atoms with Crippen molar-refractivity contribution in [3.63, 3.8) is 0 Å². The molecule has 1 aliphatic rings. The maximum absolute atomic E-state index is 11.5. The van der Waals surface area contributed by atoms with Gasteiger partial charge in [-0.3, -0.25) is 15.1 Å². The summed E-state index contributed by atoms with van der Waals surface area (Å²) in [5.41, 5.74) is 0.622. The first-order valence-electron chi connectivity index (χ1n) is 5.86. The fourth-order valence-electron chi connectivity index (χ4n) is 1.56. The average molecular weight is 239 g/mol. The van der Waals surface area contributed by atoms with E-state index in [1.807, 2.05) is 39.8 Å². The van der Waals surface area contributed by atoms with Crippen molar-refractivity contribution in [1.82, 2.24) is 5.06 Å². The summed E-state index contributed by atoms with van der Waals surface area (Å²) in [5.74, 6) is -0.189. The predicted octanol–water partition coefficient (Wildman–Crippen LogP) is 2.64. The Morgan fingerprint density at radius 2 is 2.18 bits per heavy atom. The van der Waals surface area contributed by atoms with Crippen LogP contribution in [0.1, 0.15) is 40.5 Å². The van der Waals surface area contributed by atoms with E-state index >= 15 is 0 Å². The smallest absolute Gasteiger partial charge is 0.306 e. The van der Waals surface area contributed by atoms with Gasteiger partial charge in [-0.2, -0.15) is 0 Å². The Labute approximate surface area is 103 Å². The highest BCUT2D eigenvalue weighted by Crippen LogP contribution is 2.17. The summed E-state index contributed by atoms with van der Waals surface area (Å²) in [6, 6.07) is -0.0476. The normalized spacial score (nSPS) is 20.2. The van der Waals surface area contributed by atoms with Gasteiger partial charge < -0.3 is 4.74 Å². The zero-order valence-corrected chi connectivity index (χ0v) is 10.9. The highest BCUT2D eigenvalue weighted by molar-refractivity contribution is 5.70. The highest BCUT2D eigenvalue weighted by atomic mass is 16.6. The number of hydrogen-bond donors (Lipinski definition) is 1. The van der Waals surface area contributed by atoms with Gasteiger partial charge in [0.15, 0.2) is 0 Å². The number of carbonyl (C=O) groups excluding carboxylic acids is 1. The first-order valence-corrected chi connectivity index (χ1v) is 5.86. The lowest BCUT2D eigenvalue weighted by Crippen LogP contribution is -2.25. The van der Waals surface area contributed by atoms with Gasteiger partial charge in [0.25, 0.3) is 0 Å². The van der Waals surface area contributed by atoms with Crippen molar-refractivity contribution in [3.05, 3.63) is 23.9 Å². The number of ether oxygens (including phenoxy) is 1. The van der Waals surface area contributed by atoms with Gasteiger partial charge in [0, 0.05) is 12.6 Å². The van der Waals surface area contributed by atoms with Crippen LogP contribution in [0.4, 0.5) is 0 Å². The molecule has 0 aromatic heterocycles. The molecule has 0 amide bonds. The molecule has 1 rings (SSSR count). The molecule has 1 heterocycles. The monoisotopic (exact) mass is 239 g/mol. The van der Waals surface area contributed by atoms with Gasteiger partial charge in [0.1, 0.15) is 5.60 Å². The maximum Gasteiger partial charge on any atom is 0.306 e. The number of nitrogens with zero attached hydrogens (tertiary/aromatic N) is 1. The van der Waals surface area contributed by atoms with E-state index in [1.165, 1.54) is 0 Å². The van der Waals surface area contributed by atoms with Crippen LogP contribution in [0.15, 0.2) is 23.9 Å². The largest absolute Gasteiger partial charge is 0.460 e. The highest BCUT2D eigenvalue weighted by Gasteiger charge is 2.17. The van der Waals surface area contributed by atoms with E-state index in [9.17, 15) is 10.0 Å². The second-order valence-electron chi connectivity index (χ2n) is 5.26. The van der Waals surface area contributed by atoms with E-state index in [1.54, 1.807) is 6.20 Å². The molecule has 0 bridgehead atoms. The van der Waals surface area contributed by atoms with E-state index in [0.717, 1.165) is 10.6 Å². The van der Waals surface area contributed by atoms with Crippen LogP contribution in [0.25, 0.3) is 0 Å². The molecule has 0 saturated heterocycles. The molecule has 1 unspecified atom stereocenters. The summed E-state index contributed by atoms with van der Waals surface area (Å²) in [6.07, 6.45) is 6.36. The lowest BCUT2D eigenvalue weighted by molar-refractivity contribution is -0.154. The Morgan fingerprint density at radius 3 is 2.71 bits per heavy atom. The molecule has 0 fully saturated rings. The first-order chi connectivity index (χ1) is 7.78. The predicted molar refractivity (Wildman–Crippen MR) is 65.4 cm³/mol. The topological polar surface area (TPSA) is 49.8 Å². The van der Waals surface area contributed by atoms with Crippen LogP contribution in [-0.2, 0) is 9.53 Å². The summed E-state index contributed by atoms with van der Waals surface area (Å²) in [6.45, 7) is 7.46. The van der Waals surface area contributed by atoms with Crippen molar-refractivity contribution in [2.45, 2.75) is 52.2 Å². The van der Waals surface area contributed by atoms with Crippen molar-refractivity contribution < 1.29 is 14.7 Å². The maximum atomic E-state index is 11.5. The first kappa shape index (κ1) is 13.8. The summed E-state index contributed by atoms with van der Waals surface area (Å²) in [5, 5.41) is 10.5. The van der Waals surface area contributed by atoms with Crippen molar-refractivity contribution in [2.75, 3.05) is 0 Å². The van der Waals surface area contributed by atoms with Gasteiger partial charge in [0.2, 0.25) is 0 Å². The lowest BCUT2D eigenvalue weighted by Gasteiger charge is -2.23. The summed E-state index contributed by atoms with van der Waals surface area (Å²) in [4.78, 5) is 11.5. The minimum atomic E-state index is -0.428. The molecule has 4 heteroatoms. The fraction of sp³-hybridized carbons (Fsp3) is 0.615. The van der Waals surface area contributed by atoms with E-state index in [0.29, 0.717) is 12.8 Å². The molecule has 1 N–H and O–H groups in total. The third-order valence-corrected chi connectivity index (χ3v) is 2.35. The number of hydrogen-bond acceptors (Lipinski definition) is 4. The van der Waals surface area contributed by atoms with Gasteiger partial charge in [-0.25, -0.2) is 0 Å². The Morgan fingerprint density at radius 1 is 1.53 bits per heavy atom. The summed E-state index contributed by atoms with van der Waals surface area (Å²) in [7, 11) is 0. The molecule has 96 valence electrons. The molecule has 0 aromatic rings. The molecule has 0 spiro atoms. The quantitative estimate of drug-likeness (QED) is 0.769. The van der Waals surface area contributed by atoms with E-state index in [4.69, 9.17) is 4.74 Å². The summed E-state index contributed by atoms with van der Waals surface area (Å²) >= 11 is 0. The van der Waals surface area contributed by atoms with E-state index < -0.39 is 5.60 Å². The number of hydroxylamine groups is 2. The zero-order chi connectivity index (χ0) is 13.1. The second kappa shape index (κ2) is 5.36. The Hall–Kier alpha value is -1.29. The Bertz CT molecular complexity index is 339. The molecule has 0 aromatic carbocycles. The van der Waals surface area contributed by atoms with Crippen molar-refractivity contribution in [3.8, 4) is 0 Å². The zero-order valence-electron chi connectivity index (χ0n) is 10.9. The standard InChI is InChI=1S/C13H21NO3/c1-10-9-11(7-8-14(10)16)5-6-12(15)17-13(2,3)4/h7-10,16H,5-6H2,1-4H3. The number of rotatable bonds is 3. The van der Waals surface area contributed by atoms with Crippen LogP contribution in [0, 0.1) is 0 Å². The molecule has 0 radical (unpaired) electrons. The van der Waals surface area contributed by atoms with Crippen molar-refractivity contribution in [1.29, 1.82) is 0 Å². The fourth-order valence-corrected chi connectivity index (χ4v) is 1.56. The SMILES string of the molecule is CC1C=C(CCC(=O)OC(C)(C)C)C=CN1O. The number of carbonyl (C=O) groups is 1. The molecule has 0 saturated carbocycles. The van der Waals surface area contributed by atoms with Crippen molar-refractivity contribution in [2.24, 2.45) is 0 Å².